The van der Waals surface area contributed by atoms with Crippen LogP contribution < -0.4 is 10.6 Å². The third-order valence-electron chi connectivity index (χ3n) is 4.84. The second-order valence-electron chi connectivity index (χ2n) is 6.61. The highest BCUT2D eigenvalue weighted by Gasteiger charge is 2.35. The summed E-state index contributed by atoms with van der Waals surface area (Å²) in [5.41, 5.74) is 0.806. The highest BCUT2D eigenvalue weighted by molar-refractivity contribution is 5.73. The third kappa shape index (κ3) is 4.94. The van der Waals surface area contributed by atoms with Crippen LogP contribution in [0.4, 0.5) is 4.79 Å². The third-order valence-corrected chi connectivity index (χ3v) is 4.84. The van der Waals surface area contributed by atoms with Crippen molar-refractivity contribution in [3.05, 3.63) is 35.9 Å². The highest BCUT2D eigenvalue weighted by Crippen LogP contribution is 2.35. The second kappa shape index (κ2) is 8.31. The monoisotopic (exact) mass is 320 g/mol. The van der Waals surface area contributed by atoms with Gasteiger partial charge in [0.05, 0.1) is 12.2 Å². The molecule has 0 spiro atoms. The number of amides is 2. The maximum Gasteiger partial charge on any atom is 0.314 e. The molecule has 23 heavy (non-hydrogen) atoms. The van der Waals surface area contributed by atoms with Gasteiger partial charge in [-0.3, -0.25) is 0 Å². The van der Waals surface area contributed by atoms with Crippen molar-refractivity contribution < 1.29 is 14.6 Å². The van der Waals surface area contributed by atoms with Gasteiger partial charge in [-0.05, 0) is 18.4 Å². The number of nitrogens with one attached hydrogen (secondary N) is 2. The number of carbonyl (C=O) groups excluding carboxylic acids is 1. The van der Waals surface area contributed by atoms with Crippen LogP contribution in [0.5, 0.6) is 0 Å². The lowest BCUT2D eigenvalue weighted by atomic mass is 9.73. The lowest BCUT2D eigenvalue weighted by Crippen LogP contribution is -2.48. The predicted molar refractivity (Wildman–Crippen MR) is 90.2 cm³/mol. The van der Waals surface area contributed by atoms with E-state index in [4.69, 9.17) is 4.74 Å². The lowest BCUT2D eigenvalue weighted by Gasteiger charge is -2.38. The van der Waals surface area contributed by atoms with Crippen LogP contribution in [0, 0.1) is 5.41 Å². The van der Waals surface area contributed by atoms with Crippen LogP contribution in [-0.2, 0) is 4.74 Å². The Morgan fingerprint density at radius 1 is 1.35 bits per heavy atom. The Morgan fingerprint density at radius 2 is 2.09 bits per heavy atom. The molecule has 1 aromatic rings. The zero-order chi connectivity index (χ0) is 16.7. The van der Waals surface area contributed by atoms with Gasteiger partial charge >= 0.3 is 6.03 Å². The Bertz CT molecular complexity index is 494. The van der Waals surface area contributed by atoms with Crippen LogP contribution in [0.25, 0.3) is 0 Å². The average Bonchev–Trinajstić information content (AvgIpc) is 2.57. The molecule has 0 saturated heterocycles. The summed E-state index contributed by atoms with van der Waals surface area (Å²) in [6.07, 6.45) is 3.43. The standard InChI is InChI=1S/C18H28N2O3/c1-18(11-7-6-10-16(18)21)13-20-17(22)19-12-15(23-2)14-8-4-3-5-9-14/h3-5,8-9,15-16,21H,6-7,10-13H2,1-2H3,(H2,19,20,22). The quantitative estimate of drug-likeness (QED) is 0.754. The Kier molecular flexibility index (Phi) is 6.42. The van der Waals surface area contributed by atoms with Gasteiger partial charge in [0.1, 0.15) is 0 Å². The lowest BCUT2D eigenvalue weighted by molar-refractivity contribution is 0.00300. The minimum atomic E-state index is -0.340. The minimum absolute atomic E-state index is 0.169. The van der Waals surface area contributed by atoms with Crippen molar-refractivity contribution in [2.24, 2.45) is 5.41 Å². The molecule has 1 aliphatic rings. The molecule has 0 aromatic heterocycles. The summed E-state index contributed by atoms with van der Waals surface area (Å²) in [7, 11) is 1.64. The minimum Gasteiger partial charge on any atom is -0.392 e. The van der Waals surface area contributed by atoms with Crippen LogP contribution in [0.1, 0.15) is 44.3 Å². The molecule has 5 nitrogen and oxygen atoms in total. The van der Waals surface area contributed by atoms with Gasteiger partial charge in [0.15, 0.2) is 0 Å². The molecule has 0 radical (unpaired) electrons. The average molecular weight is 320 g/mol. The Labute approximate surface area is 138 Å². The fourth-order valence-electron chi connectivity index (χ4n) is 3.12. The fraction of sp³-hybridized carbons (Fsp3) is 0.611. The van der Waals surface area contributed by atoms with Gasteiger partial charge in [0.2, 0.25) is 0 Å². The summed E-state index contributed by atoms with van der Waals surface area (Å²) in [6.45, 7) is 2.94. The summed E-state index contributed by atoms with van der Waals surface area (Å²) in [5.74, 6) is 0. The van der Waals surface area contributed by atoms with Crippen molar-refractivity contribution in [2.75, 3.05) is 20.2 Å². The molecule has 3 unspecified atom stereocenters. The summed E-state index contributed by atoms with van der Waals surface area (Å²) >= 11 is 0. The van der Waals surface area contributed by atoms with Gasteiger partial charge in [0, 0.05) is 25.6 Å². The highest BCUT2D eigenvalue weighted by atomic mass is 16.5. The van der Waals surface area contributed by atoms with Crippen molar-refractivity contribution in [1.82, 2.24) is 10.6 Å². The number of benzene rings is 1. The topological polar surface area (TPSA) is 70.6 Å². The van der Waals surface area contributed by atoms with Crippen molar-refractivity contribution in [1.29, 1.82) is 0 Å². The van der Waals surface area contributed by atoms with Crippen molar-refractivity contribution >= 4 is 6.03 Å². The van der Waals surface area contributed by atoms with Gasteiger partial charge in [-0.25, -0.2) is 4.79 Å². The summed E-state index contributed by atoms with van der Waals surface area (Å²) in [4.78, 5) is 12.0. The molecule has 5 heteroatoms. The summed E-state index contributed by atoms with van der Waals surface area (Å²) in [5, 5.41) is 15.9. The smallest absolute Gasteiger partial charge is 0.314 e. The van der Waals surface area contributed by atoms with E-state index in [0.717, 1.165) is 31.2 Å². The van der Waals surface area contributed by atoms with Crippen molar-refractivity contribution in [2.45, 2.75) is 44.8 Å². The molecule has 1 fully saturated rings. The van der Waals surface area contributed by atoms with Crippen LogP contribution in [0.3, 0.4) is 0 Å². The molecule has 1 aliphatic carbocycles. The number of aliphatic hydroxyl groups is 1. The van der Waals surface area contributed by atoms with E-state index in [2.05, 4.69) is 10.6 Å². The number of ether oxygens (including phenoxy) is 1. The second-order valence-corrected chi connectivity index (χ2v) is 6.61. The molecule has 0 aliphatic heterocycles. The zero-order valence-corrected chi connectivity index (χ0v) is 14.0. The normalized spacial score (nSPS) is 25.6. The Morgan fingerprint density at radius 3 is 2.74 bits per heavy atom. The first-order valence-electron chi connectivity index (χ1n) is 8.33. The van der Waals surface area contributed by atoms with Gasteiger partial charge in [-0.15, -0.1) is 0 Å². The maximum atomic E-state index is 12.0. The van der Waals surface area contributed by atoms with E-state index in [9.17, 15) is 9.90 Å². The summed E-state index contributed by atoms with van der Waals surface area (Å²) in [6, 6.07) is 9.59. The molecule has 2 rings (SSSR count). The molecule has 2 amide bonds. The number of aliphatic hydroxyl groups excluding tert-OH is 1. The van der Waals surface area contributed by atoms with E-state index in [1.807, 2.05) is 37.3 Å². The van der Waals surface area contributed by atoms with Gasteiger partial charge in [0.25, 0.3) is 0 Å². The first-order valence-corrected chi connectivity index (χ1v) is 8.33. The fourth-order valence-corrected chi connectivity index (χ4v) is 3.12. The maximum absolute atomic E-state index is 12.0. The molecular weight excluding hydrogens is 292 g/mol. The largest absolute Gasteiger partial charge is 0.392 e. The SMILES string of the molecule is COC(CNC(=O)NCC1(C)CCCCC1O)c1ccccc1. The Balaban J connectivity index is 1.78. The van der Waals surface area contributed by atoms with Gasteiger partial charge in [-0.2, -0.15) is 0 Å². The number of urea groups is 1. The molecule has 128 valence electrons. The van der Waals surface area contributed by atoms with Crippen LogP contribution in [0.2, 0.25) is 0 Å². The van der Waals surface area contributed by atoms with Crippen molar-refractivity contribution in [3.63, 3.8) is 0 Å². The molecule has 0 heterocycles. The first-order chi connectivity index (χ1) is 11.0. The number of methoxy groups -OCH3 is 1. The first kappa shape index (κ1) is 17.8. The predicted octanol–water partition coefficient (Wildman–Crippen LogP) is 2.61. The van der Waals surface area contributed by atoms with Crippen LogP contribution >= 0.6 is 0 Å². The van der Waals surface area contributed by atoms with Crippen LogP contribution in [0.15, 0.2) is 30.3 Å². The Hall–Kier alpha value is -1.59. The molecule has 1 aromatic carbocycles. The molecule has 1 saturated carbocycles. The number of carbonyl (C=O) groups is 1. The number of hydrogen-bond acceptors (Lipinski definition) is 3. The van der Waals surface area contributed by atoms with E-state index >= 15 is 0 Å². The van der Waals surface area contributed by atoms with Crippen molar-refractivity contribution in [3.8, 4) is 0 Å². The number of rotatable bonds is 6. The number of hydrogen-bond donors (Lipinski definition) is 3. The van der Waals surface area contributed by atoms with E-state index in [-0.39, 0.29) is 23.7 Å². The molecule has 3 atom stereocenters. The summed E-state index contributed by atoms with van der Waals surface area (Å²) < 4.78 is 5.44. The van der Waals surface area contributed by atoms with E-state index < -0.39 is 0 Å². The van der Waals surface area contributed by atoms with E-state index in [0.29, 0.717) is 13.1 Å². The molecule has 3 N–H and O–H groups in total. The van der Waals surface area contributed by atoms with E-state index in [1.54, 1.807) is 7.11 Å². The van der Waals surface area contributed by atoms with E-state index in [1.165, 1.54) is 0 Å². The molecular formula is C18H28N2O3. The van der Waals surface area contributed by atoms with Gasteiger partial charge < -0.3 is 20.5 Å². The zero-order valence-electron chi connectivity index (χ0n) is 14.0. The molecule has 0 bridgehead atoms. The van der Waals surface area contributed by atoms with Gasteiger partial charge in [-0.1, -0.05) is 50.1 Å². The van der Waals surface area contributed by atoms with Crippen LogP contribution in [-0.4, -0.2) is 37.4 Å².